The van der Waals surface area contributed by atoms with Gasteiger partial charge in [-0.1, -0.05) is 23.7 Å². The molecule has 0 atom stereocenters. The second-order valence-corrected chi connectivity index (χ2v) is 8.87. The number of halogens is 5. The van der Waals surface area contributed by atoms with Crippen molar-refractivity contribution >= 4 is 51.5 Å². The van der Waals surface area contributed by atoms with E-state index in [1.807, 2.05) is 6.07 Å². The van der Waals surface area contributed by atoms with Crippen molar-refractivity contribution in [2.75, 3.05) is 17.2 Å². The normalized spacial score (nSPS) is 11.5. The first-order valence-corrected chi connectivity index (χ1v) is 12.2. The lowest BCUT2D eigenvalue weighted by Crippen LogP contribution is -2.15. The standard InChI is InChI=1S/C29H18ClF4N5O2/c1-2-41-26-12-24-21(27(18(14-36)15-37-24)38-20-6-7-23(31)22(30)10-20)11-25(26)39-28(40)17(13-35)8-16-4-3-5-19(9-16)29(32,33)34/h3-12,15H,2H2,1H3,(H,37,38)(H,39,40). The van der Waals surface area contributed by atoms with Crippen LogP contribution in [0.1, 0.15) is 23.6 Å². The first-order valence-electron chi connectivity index (χ1n) is 11.9. The Morgan fingerprint density at radius 1 is 1.15 bits per heavy atom. The fourth-order valence-corrected chi connectivity index (χ4v) is 4.02. The number of nitriles is 2. The molecule has 1 amide bonds. The number of benzene rings is 3. The van der Waals surface area contributed by atoms with Gasteiger partial charge in [0.15, 0.2) is 0 Å². The zero-order valence-corrected chi connectivity index (χ0v) is 21.9. The fraction of sp³-hybridized carbons (Fsp3) is 0.103. The highest BCUT2D eigenvalue weighted by molar-refractivity contribution is 6.31. The van der Waals surface area contributed by atoms with Crippen molar-refractivity contribution in [1.29, 1.82) is 10.5 Å². The third-order valence-corrected chi connectivity index (χ3v) is 6.01. The van der Waals surface area contributed by atoms with Crippen molar-refractivity contribution in [1.82, 2.24) is 4.98 Å². The summed E-state index contributed by atoms with van der Waals surface area (Å²) < 4.78 is 58.6. The van der Waals surface area contributed by atoms with Crippen LogP contribution < -0.4 is 15.4 Å². The zero-order valence-electron chi connectivity index (χ0n) is 21.1. The Hall–Kier alpha value is -5.13. The molecular formula is C29H18ClF4N5O2. The summed E-state index contributed by atoms with van der Waals surface area (Å²) in [5, 5.41) is 25.1. The quantitative estimate of drug-likeness (QED) is 0.132. The van der Waals surface area contributed by atoms with Gasteiger partial charge < -0.3 is 15.4 Å². The van der Waals surface area contributed by atoms with Crippen molar-refractivity contribution in [3.05, 3.63) is 93.9 Å². The number of alkyl halides is 3. The van der Waals surface area contributed by atoms with E-state index in [0.717, 1.165) is 24.3 Å². The molecule has 1 aromatic heterocycles. The molecule has 4 aromatic rings. The van der Waals surface area contributed by atoms with Gasteiger partial charge in [-0.25, -0.2) is 4.39 Å². The van der Waals surface area contributed by atoms with Crippen LogP contribution in [-0.4, -0.2) is 17.5 Å². The van der Waals surface area contributed by atoms with Gasteiger partial charge in [0.05, 0.1) is 39.6 Å². The van der Waals surface area contributed by atoms with E-state index in [0.29, 0.717) is 16.6 Å². The molecule has 2 N–H and O–H groups in total. The van der Waals surface area contributed by atoms with E-state index in [4.69, 9.17) is 16.3 Å². The second kappa shape index (κ2) is 11.9. The lowest BCUT2D eigenvalue weighted by Gasteiger charge is -2.16. The Morgan fingerprint density at radius 3 is 2.59 bits per heavy atom. The number of carbonyl (C=O) groups is 1. The number of pyridine rings is 1. The van der Waals surface area contributed by atoms with Crippen LogP contribution in [0.15, 0.2) is 66.4 Å². The number of amides is 1. The number of carbonyl (C=O) groups excluding carboxylic acids is 1. The number of anilines is 3. The molecule has 41 heavy (non-hydrogen) atoms. The van der Waals surface area contributed by atoms with Gasteiger partial charge >= 0.3 is 6.18 Å². The van der Waals surface area contributed by atoms with E-state index in [1.165, 1.54) is 42.6 Å². The van der Waals surface area contributed by atoms with Gasteiger partial charge in [0.25, 0.3) is 5.91 Å². The van der Waals surface area contributed by atoms with Crippen LogP contribution in [0.25, 0.3) is 17.0 Å². The predicted molar refractivity (Wildman–Crippen MR) is 146 cm³/mol. The van der Waals surface area contributed by atoms with Crippen molar-refractivity contribution in [3.8, 4) is 17.9 Å². The van der Waals surface area contributed by atoms with E-state index < -0.39 is 29.0 Å². The van der Waals surface area contributed by atoms with Crippen LogP contribution in [0, 0.1) is 28.5 Å². The van der Waals surface area contributed by atoms with Gasteiger partial charge in [0, 0.05) is 23.3 Å². The smallest absolute Gasteiger partial charge is 0.416 e. The van der Waals surface area contributed by atoms with Crippen LogP contribution in [-0.2, 0) is 11.0 Å². The van der Waals surface area contributed by atoms with Gasteiger partial charge in [-0.2, -0.15) is 23.7 Å². The molecule has 0 spiro atoms. The molecule has 0 fully saturated rings. The molecule has 0 aliphatic heterocycles. The molecule has 3 aromatic carbocycles. The maximum atomic E-state index is 13.7. The van der Waals surface area contributed by atoms with Crippen molar-refractivity contribution in [2.45, 2.75) is 13.1 Å². The summed E-state index contributed by atoms with van der Waals surface area (Å²) in [5.74, 6) is -1.35. The molecule has 1 heterocycles. The van der Waals surface area contributed by atoms with Gasteiger partial charge in [0.1, 0.15) is 29.3 Å². The number of nitrogens with zero attached hydrogens (tertiary/aromatic N) is 3. The van der Waals surface area contributed by atoms with Crippen LogP contribution in [0.2, 0.25) is 5.02 Å². The largest absolute Gasteiger partial charge is 0.492 e. The number of nitrogens with one attached hydrogen (secondary N) is 2. The van der Waals surface area contributed by atoms with E-state index in [2.05, 4.69) is 15.6 Å². The Bertz CT molecular complexity index is 1770. The highest BCUT2D eigenvalue weighted by atomic mass is 35.5. The summed E-state index contributed by atoms with van der Waals surface area (Å²) in [4.78, 5) is 17.4. The Balaban J connectivity index is 1.77. The molecule has 0 bridgehead atoms. The lowest BCUT2D eigenvalue weighted by molar-refractivity contribution is -0.137. The summed E-state index contributed by atoms with van der Waals surface area (Å²) in [7, 11) is 0. The van der Waals surface area contributed by atoms with E-state index >= 15 is 0 Å². The monoisotopic (exact) mass is 579 g/mol. The van der Waals surface area contributed by atoms with Crippen molar-refractivity contribution in [3.63, 3.8) is 0 Å². The first kappa shape index (κ1) is 28.9. The molecular weight excluding hydrogens is 562 g/mol. The molecule has 4 rings (SSSR count). The molecule has 7 nitrogen and oxygen atoms in total. The molecule has 0 aliphatic carbocycles. The maximum absolute atomic E-state index is 13.7. The number of fused-ring (bicyclic) bond motifs is 1. The van der Waals surface area contributed by atoms with Crippen molar-refractivity contribution < 1.29 is 27.1 Å². The predicted octanol–water partition coefficient (Wildman–Crippen LogP) is 7.61. The van der Waals surface area contributed by atoms with Crippen LogP contribution in [0.5, 0.6) is 5.75 Å². The summed E-state index contributed by atoms with van der Waals surface area (Å²) in [6.07, 6.45) is -2.24. The Kier molecular flexibility index (Phi) is 8.41. The minimum Gasteiger partial charge on any atom is -0.492 e. The fourth-order valence-electron chi connectivity index (χ4n) is 3.84. The highest BCUT2D eigenvalue weighted by Gasteiger charge is 2.30. The number of hydrogen-bond acceptors (Lipinski definition) is 6. The average Bonchev–Trinajstić information content (AvgIpc) is 2.94. The summed E-state index contributed by atoms with van der Waals surface area (Å²) in [6, 6.07) is 14.8. The van der Waals surface area contributed by atoms with Gasteiger partial charge in [-0.15, -0.1) is 0 Å². The molecule has 0 radical (unpaired) electrons. The Labute approximate surface area is 236 Å². The molecule has 12 heteroatoms. The van der Waals surface area contributed by atoms with E-state index in [1.54, 1.807) is 13.0 Å². The average molecular weight is 580 g/mol. The second-order valence-electron chi connectivity index (χ2n) is 8.46. The van der Waals surface area contributed by atoms with Gasteiger partial charge in [-0.05, 0) is 55.0 Å². The topological polar surface area (TPSA) is 111 Å². The molecule has 0 saturated carbocycles. The summed E-state index contributed by atoms with van der Waals surface area (Å²) >= 11 is 5.90. The molecule has 0 aliphatic rings. The SMILES string of the molecule is CCOc1cc2ncc(C#N)c(Nc3ccc(F)c(Cl)c3)c2cc1NC(=O)C(C#N)=Cc1cccc(C(F)(F)F)c1. The van der Waals surface area contributed by atoms with E-state index in [9.17, 15) is 32.9 Å². The van der Waals surface area contributed by atoms with Crippen molar-refractivity contribution in [2.24, 2.45) is 0 Å². The zero-order chi connectivity index (χ0) is 29.7. The van der Waals surface area contributed by atoms with Gasteiger partial charge in [-0.3, -0.25) is 9.78 Å². The third-order valence-electron chi connectivity index (χ3n) is 5.72. The van der Waals surface area contributed by atoms with Crippen LogP contribution in [0.4, 0.5) is 34.6 Å². The number of ether oxygens (including phenoxy) is 1. The van der Waals surface area contributed by atoms with Crippen LogP contribution >= 0.6 is 11.6 Å². The molecule has 0 unspecified atom stereocenters. The Morgan fingerprint density at radius 2 is 1.93 bits per heavy atom. The summed E-state index contributed by atoms with van der Waals surface area (Å²) in [5.41, 5.74) is -0.137. The van der Waals surface area contributed by atoms with Gasteiger partial charge in [0.2, 0.25) is 0 Å². The molecule has 206 valence electrons. The minimum absolute atomic E-state index is 0.00220. The van der Waals surface area contributed by atoms with Crippen LogP contribution in [0.3, 0.4) is 0 Å². The third kappa shape index (κ3) is 6.55. The first-order chi connectivity index (χ1) is 19.5. The van der Waals surface area contributed by atoms with E-state index in [-0.39, 0.29) is 39.9 Å². The number of aromatic nitrogens is 1. The molecule has 0 saturated heterocycles. The number of rotatable bonds is 7. The lowest BCUT2D eigenvalue weighted by atomic mass is 10.1. The highest BCUT2D eigenvalue weighted by Crippen LogP contribution is 2.37. The minimum atomic E-state index is -4.60. The summed E-state index contributed by atoms with van der Waals surface area (Å²) in [6.45, 7) is 1.91. The number of hydrogen-bond donors (Lipinski definition) is 2. The maximum Gasteiger partial charge on any atom is 0.416 e.